The first-order chi connectivity index (χ1) is 11.7. The minimum Gasteiger partial charge on any atom is -0.497 e. The maximum Gasteiger partial charge on any atom is 0.123 e. The molecule has 3 nitrogen and oxygen atoms in total. The number of hydrogen-bond acceptors (Lipinski definition) is 4. The van der Waals surface area contributed by atoms with Gasteiger partial charge in [-0.3, -0.25) is 0 Å². The van der Waals surface area contributed by atoms with E-state index >= 15 is 0 Å². The number of methoxy groups -OCH3 is 1. The van der Waals surface area contributed by atoms with Crippen molar-refractivity contribution in [3.63, 3.8) is 0 Å². The zero-order valence-electron chi connectivity index (χ0n) is 13.5. The van der Waals surface area contributed by atoms with Gasteiger partial charge in [0, 0.05) is 12.7 Å². The van der Waals surface area contributed by atoms with Crippen molar-refractivity contribution in [2.75, 3.05) is 13.7 Å². The fraction of sp³-hybridized carbons (Fsp3) is 0.211. The lowest BCUT2D eigenvalue weighted by molar-refractivity contribution is 0.414. The van der Waals surface area contributed by atoms with E-state index in [1.807, 2.05) is 18.3 Å². The highest BCUT2D eigenvalue weighted by atomic mass is 32.1. The van der Waals surface area contributed by atoms with Crippen molar-refractivity contribution >= 4 is 11.3 Å². The fourth-order valence-electron chi connectivity index (χ4n) is 2.36. The summed E-state index contributed by atoms with van der Waals surface area (Å²) in [7, 11) is 1.67. The molecule has 1 aromatic heterocycles. The second-order valence-electron chi connectivity index (χ2n) is 5.40. The number of halogens is 1. The highest BCUT2D eigenvalue weighted by molar-refractivity contribution is 7.15. The first-order valence-electron chi connectivity index (χ1n) is 7.79. The zero-order chi connectivity index (χ0) is 16.8. The summed E-state index contributed by atoms with van der Waals surface area (Å²) < 4.78 is 18.1. The molecule has 1 N–H and O–H groups in total. The van der Waals surface area contributed by atoms with Gasteiger partial charge in [-0.15, -0.1) is 11.3 Å². The molecule has 2 aromatic carbocycles. The van der Waals surface area contributed by atoms with E-state index in [4.69, 9.17) is 4.74 Å². The molecular formula is C19H19FN2OS. The smallest absolute Gasteiger partial charge is 0.123 e. The van der Waals surface area contributed by atoms with Crippen LogP contribution in [0.4, 0.5) is 4.39 Å². The molecule has 0 atom stereocenters. The van der Waals surface area contributed by atoms with Crippen molar-refractivity contribution in [1.29, 1.82) is 0 Å². The van der Waals surface area contributed by atoms with Gasteiger partial charge in [-0.2, -0.15) is 0 Å². The predicted octanol–water partition coefficient (Wildman–Crippen LogP) is 4.29. The summed E-state index contributed by atoms with van der Waals surface area (Å²) in [6.45, 7) is 1.62. The molecule has 0 saturated heterocycles. The second kappa shape index (κ2) is 8.04. The number of nitrogens with one attached hydrogen (secondary N) is 1. The minimum atomic E-state index is -0.219. The molecule has 5 heteroatoms. The van der Waals surface area contributed by atoms with Gasteiger partial charge in [-0.05, 0) is 48.4 Å². The molecule has 0 radical (unpaired) electrons. The SMILES string of the molecule is COc1ccc(CCNCc2ncc(-c3ccc(F)cc3)s2)cc1. The van der Waals surface area contributed by atoms with Crippen LogP contribution < -0.4 is 10.1 Å². The van der Waals surface area contributed by atoms with Crippen LogP contribution >= 0.6 is 11.3 Å². The largest absolute Gasteiger partial charge is 0.497 e. The van der Waals surface area contributed by atoms with Gasteiger partial charge < -0.3 is 10.1 Å². The van der Waals surface area contributed by atoms with Crippen LogP contribution in [0.25, 0.3) is 10.4 Å². The van der Waals surface area contributed by atoms with Crippen LogP contribution in [-0.2, 0) is 13.0 Å². The third-order valence-corrected chi connectivity index (χ3v) is 4.75. The van der Waals surface area contributed by atoms with E-state index < -0.39 is 0 Å². The molecule has 24 heavy (non-hydrogen) atoms. The summed E-state index contributed by atoms with van der Waals surface area (Å²) in [5.74, 6) is 0.659. The molecule has 124 valence electrons. The van der Waals surface area contributed by atoms with E-state index in [-0.39, 0.29) is 5.82 Å². The lowest BCUT2D eigenvalue weighted by atomic mass is 10.1. The standard InChI is InChI=1S/C19H19FN2OS/c1-23-17-8-2-14(3-9-17)10-11-21-13-19-22-12-18(24-19)15-4-6-16(20)7-5-15/h2-9,12,21H,10-11,13H2,1H3. The summed E-state index contributed by atoms with van der Waals surface area (Å²) in [6.07, 6.45) is 2.80. The molecule has 0 fully saturated rings. The summed E-state index contributed by atoms with van der Waals surface area (Å²) in [4.78, 5) is 5.49. The van der Waals surface area contributed by atoms with Gasteiger partial charge >= 0.3 is 0 Å². The molecule has 0 aliphatic carbocycles. The van der Waals surface area contributed by atoms with E-state index in [9.17, 15) is 4.39 Å². The van der Waals surface area contributed by atoms with Gasteiger partial charge in [0.15, 0.2) is 0 Å². The molecule has 3 rings (SSSR count). The summed E-state index contributed by atoms with van der Waals surface area (Å²) >= 11 is 1.63. The average molecular weight is 342 g/mol. The number of aromatic nitrogens is 1. The Labute approximate surface area is 145 Å². The van der Waals surface area contributed by atoms with Crippen molar-refractivity contribution in [2.24, 2.45) is 0 Å². The van der Waals surface area contributed by atoms with Crippen molar-refractivity contribution in [3.05, 3.63) is 71.1 Å². The Hall–Kier alpha value is -2.24. The van der Waals surface area contributed by atoms with Crippen LogP contribution in [0.1, 0.15) is 10.6 Å². The Morgan fingerprint density at radius 2 is 1.83 bits per heavy atom. The Morgan fingerprint density at radius 1 is 1.08 bits per heavy atom. The second-order valence-corrected chi connectivity index (χ2v) is 6.52. The molecule has 0 unspecified atom stereocenters. The molecule has 3 aromatic rings. The summed E-state index contributed by atoms with van der Waals surface area (Å²) in [5.41, 5.74) is 2.27. The highest BCUT2D eigenvalue weighted by Crippen LogP contribution is 2.26. The number of benzene rings is 2. The molecule has 0 spiro atoms. The monoisotopic (exact) mass is 342 g/mol. The van der Waals surface area contributed by atoms with Crippen molar-refractivity contribution in [3.8, 4) is 16.2 Å². The van der Waals surface area contributed by atoms with E-state index in [1.54, 1.807) is 30.6 Å². The number of ether oxygens (including phenoxy) is 1. The fourth-order valence-corrected chi connectivity index (χ4v) is 3.25. The number of nitrogens with zero attached hydrogens (tertiary/aromatic N) is 1. The maximum absolute atomic E-state index is 13.0. The molecule has 0 bridgehead atoms. The normalized spacial score (nSPS) is 10.8. The molecule has 0 aliphatic rings. The van der Waals surface area contributed by atoms with Gasteiger partial charge in [-0.25, -0.2) is 9.37 Å². The van der Waals surface area contributed by atoms with E-state index in [2.05, 4.69) is 22.4 Å². The van der Waals surface area contributed by atoms with E-state index in [0.717, 1.165) is 40.7 Å². The van der Waals surface area contributed by atoms with E-state index in [0.29, 0.717) is 0 Å². The lowest BCUT2D eigenvalue weighted by Crippen LogP contribution is -2.16. The molecule has 1 heterocycles. The zero-order valence-corrected chi connectivity index (χ0v) is 14.3. The van der Waals surface area contributed by atoms with Gasteiger partial charge in [0.25, 0.3) is 0 Å². The van der Waals surface area contributed by atoms with Gasteiger partial charge in [0.2, 0.25) is 0 Å². The minimum absolute atomic E-state index is 0.219. The van der Waals surface area contributed by atoms with Crippen LogP contribution in [0.2, 0.25) is 0 Å². The Bertz CT molecular complexity index is 769. The molecular weight excluding hydrogens is 323 g/mol. The van der Waals surface area contributed by atoms with Gasteiger partial charge in [-0.1, -0.05) is 24.3 Å². The Balaban J connectivity index is 1.47. The predicted molar refractivity (Wildman–Crippen MR) is 95.9 cm³/mol. The first kappa shape index (κ1) is 16.6. The van der Waals surface area contributed by atoms with Crippen LogP contribution in [0.15, 0.2) is 54.7 Å². The highest BCUT2D eigenvalue weighted by Gasteiger charge is 2.04. The third kappa shape index (κ3) is 4.40. The maximum atomic E-state index is 13.0. The number of hydrogen-bond donors (Lipinski definition) is 1. The van der Waals surface area contributed by atoms with Crippen LogP contribution in [0.5, 0.6) is 5.75 Å². The van der Waals surface area contributed by atoms with Gasteiger partial charge in [0.1, 0.15) is 16.6 Å². The van der Waals surface area contributed by atoms with Crippen molar-refractivity contribution < 1.29 is 9.13 Å². The molecule has 0 aliphatic heterocycles. The first-order valence-corrected chi connectivity index (χ1v) is 8.60. The number of thiazole rings is 1. The van der Waals surface area contributed by atoms with Gasteiger partial charge in [0.05, 0.1) is 12.0 Å². The number of rotatable bonds is 7. The quantitative estimate of drug-likeness (QED) is 0.651. The van der Waals surface area contributed by atoms with Crippen LogP contribution in [-0.4, -0.2) is 18.6 Å². The summed E-state index contributed by atoms with van der Waals surface area (Å²) in [6, 6.07) is 14.6. The van der Waals surface area contributed by atoms with Crippen LogP contribution in [0.3, 0.4) is 0 Å². The summed E-state index contributed by atoms with van der Waals surface area (Å²) in [5, 5.41) is 4.44. The Kier molecular flexibility index (Phi) is 5.56. The topological polar surface area (TPSA) is 34.1 Å². The average Bonchev–Trinajstić information content (AvgIpc) is 3.09. The van der Waals surface area contributed by atoms with E-state index in [1.165, 1.54) is 17.7 Å². The van der Waals surface area contributed by atoms with Crippen LogP contribution in [0, 0.1) is 5.82 Å². The van der Waals surface area contributed by atoms with Crippen molar-refractivity contribution in [1.82, 2.24) is 10.3 Å². The molecule has 0 saturated carbocycles. The molecule has 0 amide bonds. The van der Waals surface area contributed by atoms with Crippen molar-refractivity contribution in [2.45, 2.75) is 13.0 Å². The Morgan fingerprint density at radius 3 is 2.54 bits per heavy atom. The third-order valence-electron chi connectivity index (χ3n) is 3.71. The lowest BCUT2D eigenvalue weighted by Gasteiger charge is -2.04.